The topological polar surface area (TPSA) is 61.4 Å². The summed E-state index contributed by atoms with van der Waals surface area (Å²) in [4.78, 5) is 26.7. The third-order valence-corrected chi connectivity index (χ3v) is 6.06. The van der Waals surface area contributed by atoms with Crippen molar-refractivity contribution in [1.82, 2.24) is 4.90 Å². The maximum atomic E-state index is 12.7. The summed E-state index contributed by atoms with van der Waals surface area (Å²) < 4.78 is 38.2. The van der Waals surface area contributed by atoms with Gasteiger partial charge in [-0.2, -0.15) is 13.2 Å². The average Bonchev–Trinajstić information content (AvgIpc) is 3.25. The molecule has 1 aliphatic carbocycles. The lowest BCUT2D eigenvalue weighted by Gasteiger charge is -2.39. The first-order chi connectivity index (χ1) is 13.8. The highest BCUT2D eigenvalue weighted by molar-refractivity contribution is 5.79. The largest absolute Gasteiger partial charge is 0.416 e. The zero-order chi connectivity index (χ0) is 20.6. The van der Waals surface area contributed by atoms with Crippen molar-refractivity contribution in [3.63, 3.8) is 0 Å². The lowest BCUT2D eigenvalue weighted by Crippen LogP contribution is -2.50. The average molecular weight is 407 g/mol. The third-order valence-electron chi connectivity index (χ3n) is 6.06. The molecule has 2 N–H and O–H groups in total. The fourth-order valence-electron chi connectivity index (χ4n) is 4.51. The Bertz CT molecular complexity index is 926. The van der Waals surface area contributed by atoms with E-state index in [1.54, 1.807) is 0 Å². The van der Waals surface area contributed by atoms with Gasteiger partial charge in [0.05, 0.1) is 5.56 Å². The molecule has 1 saturated heterocycles. The van der Waals surface area contributed by atoms with Crippen molar-refractivity contribution < 1.29 is 13.2 Å². The lowest BCUT2D eigenvalue weighted by atomic mass is 9.88. The zero-order valence-corrected chi connectivity index (χ0v) is 16.0. The fraction of sp³-hybridized carbons (Fsp3) is 0.524. The van der Waals surface area contributed by atoms with Gasteiger partial charge in [0.2, 0.25) is 0 Å². The monoisotopic (exact) mass is 407 g/mol. The molecule has 2 aromatic carbocycles. The Morgan fingerprint density at radius 3 is 2.14 bits per heavy atom. The number of halogens is 3. The van der Waals surface area contributed by atoms with Gasteiger partial charge < -0.3 is 10.6 Å². The number of nitrogens with one attached hydrogen (secondary N) is 2. The van der Waals surface area contributed by atoms with E-state index in [4.69, 9.17) is 0 Å². The van der Waals surface area contributed by atoms with Crippen molar-refractivity contribution in [3.8, 4) is 0 Å². The number of likely N-dealkylation sites (tertiary alicyclic amines) is 1. The molecule has 0 aromatic heterocycles. The highest BCUT2D eigenvalue weighted by Gasteiger charge is 2.34. The third kappa shape index (κ3) is 4.03. The van der Waals surface area contributed by atoms with E-state index < -0.39 is 22.6 Å². The Balaban J connectivity index is 1.50. The van der Waals surface area contributed by atoms with Crippen LogP contribution in [0.3, 0.4) is 0 Å². The standard InChI is InChI=1S/C21H24F3N3O2/c22-21(23,24)13-7-9-14(10-8-13)25-17-18(20(29)19(17)28)26-15-5-1-2-6-16(15)27-11-3-4-12-27/h7-10,15-16,25-26H,1-6,11-12H2/t15-,16-/m0/s1. The minimum Gasteiger partial charge on any atom is -0.376 e. The van der Waals surface area contributed by atoms with Crippen LogP contribution in [0.15, 0.2) is 33.9 Å². The summed E-state index contributed by atoms with van der Waals surface area (Å²) in [5.74, 6) is 0. The molecule has 0 unspecified atom stereocenters. The zero-order valence-electron chi connectivity index (χ0n) is 16.0. The second-order valence-electron chi connectivity index (χ2n) is 7.95. The molecular weight excluding hydrogens is 383 g/mol. The number of benzene rings is 1. The van der Waals surface area contributed by atoms with Crippen LogP contribution in [-0.2, 0) is 6.18 Å². The number of rotatable bonds is 5. The normalized spacial score (nSPS) is 23.4. The molecule has 0 spiro atoms. The van der Waals surface area contributed by atoms with Gasteiger partial charge in [0.1, 0.15) is 11.4 Å². The molecule has 2 aliphatic rings. The summed E-state index contributed by atoms with van der Waals surface area (Å²) in [6, 6.07) is 4.86. The van der Waals surface area contributed by atoms with Gasteiger partial charge in [-0.25, -0.2) is 0 Å². The summed E-state index contributed by atoms with van der Waals surface area (Å²) in [5, 5.41) is 6.12. The molecule has 0 amide bonds. The van der Waals surface area contributed by atoms with Gasteiger partial charge in [0, 0.05) is 17.8 Å². The van der Waals surface area contributed by atoms with Crippen LogP contribution in [0.1, 0.15) is 44.1 Å². The number of alkyl halides is 3. The Hall–Kier alpha value is -2.35. The molecule has 29 heavy (non-hydrogen) atoms. The van der Waals surface area contributed by atoms with Gasteiger partial charge in [0.25, 0.3) is 10.9 Å². The second kappa shape index (κ2) is 7.82. The highest BCUT2D eigenvalue weighted by Crippen LogP contribution is 2.32. The van der Waals surface area contributed by atoms with Crippen LogP contribution in [0, 0.1) is 0 Å². The first-order valence-corrected chi connectivity index (χ1v) is 10.1. The van der Waals surface area contributed by atoms with Gasteiger partial charge in [0.15, 0.2) is 0 Å². The Kier molecular flexibility index (Phi) is 5.38. The van der Waals surface area contributed by atoms with E-state index in [1.807, 2.05) is 0 Å². The van der Waals surface area contributed by atoms with Gasteiger partial charge in [-0.3, -0.25) is 14.5 Å². The Morgan fingerprint density at radius 1 is 0.862 bits per heavy atom. The van der Waals surface area contributed by atoms with Crippen molar-refractivity contribution >= 4 is 17.1 Å². The van der Waals surface area contributed by atoms with Crippen LogP contribution in [0.4, 0.5) is 30.2 Å². The number of hydrogen-bond acceptors (Lipinski definition) is 5. The molecule has 8 heteroatoms. The van der Waals surface area contributed by atoms with E-state index in [9.17, 15) is 22.8 Å². The van der Waals surface area contributed by atoms with E-state index in [-0.39, 0.29) is 17.4 Å². The van der Waals surface area contributed by atoms with E-state index in [0.717, 1.165) is 50.9 Å². The van der Waals surface area contributed by atoms with Crippen molar-refractivity contribution in [1.29, 1.82) is 0 Å². The summed E-state index contributed by atoms with van der Waals surface area (Å²) in [6.45, 7) is 2.12. The summed E-state index contributed by atoms with van der Waals surface area (Å²) in [5.41, 5.74) is -1.23. The van der Waals surface area contributed by atoms with Crippen molar-refractivity contribution in [2.24, 2.45) is 0 Å². The second-order valence-corrected chi connectivity index (χ2v) is 7.95. The number of hydrogen-bond donors (Lipinski definition) is 2. The molecule has 5 nitrogen and oxygen atoms in total. The smallest absolute Gasteiger partial charge is 0.376 e. The van der Waals surface area contributed by atoms with Crippen LogP contribution in [0.2, 0.25) is 0 Å². The molecule has 1 saturated carbocycles. The van der Waals surface area contributed by atoms with Crippen LogP contribution < -0.4 is 21.5 Å². The Labute approximate surface area is 166 Å². The summed E-state index contributed by atoms with van der Waals surface area (Å²) >= 11 is 0. The van der Waals surface area contributed by atoms with Crippen LogP contribution in [-0.4, -0.2) is 30.1 Å². The molecule has 156 valence electrons. The van der Waals surface area contributed by atoms with Gasteiger partial charge >= 0.3 is 6.18 Å². The summed E-state index contributed by atoms with van der Waals surface area (Å²) in [7, 11) is 0. The van der Waals surface area contributed by atoms with Crippen molar-refractivity contribution in [2.45, 2.75) is 56.8 Å². The molecule has 2 fully saturated rings. The molecule has 2 atom stereocenters. The minimum atomic E-state index is -4.42. The number of nitrogens with zero attached hydrogens (tertiary/aromatic N) is 1. The molecule has 4 rings (SSSR count). The number of anilines is 3. The summed E-state index contributed by atoms with van der Waals surface area (Å²) in [6.07, 6.45) is 2.17. The highest BCUT2D eigenvalue weighted by atomic mass is 19.4. The predicted octanol–water partition coefficient (Wildman–Crippen LogP) is 3.86. The van der Waals surface area contributed by atoms with Crippen LogP contribution in [0.5, 0.6) is 0 Å². The van der Waals surface area contributed by atoms with Gasteiger partial charge in [-0.1, -0.05) is 12.8 Å². The molecule has 1 aliphatic heterocycles. The van der Waals surface area contributed by atoms with E-state index in [1.165, 1.54) is 25.0 Å². The lowest BCUT2D eigenvalue weighted by molar-refractivity contribution is -0.137. The molecule has 1 heterocycles. The van der Waals surface area contributed by atoms with E-state index >= 15 is 0 Å². The quantitative estimate of drug-likeness (QED) is 0.737. The van der Waals surface area contributed by atoms with Gasteiger partial charge in [-0.05, 0) is 63.0 Å². The van der Waals surface area contributed by atoms with Crippen molar-refractivity contribution in [2.75, 3.05) is 23.7 Å². The SMILES string of the molecule is O=c1c(Nc2ccc(C(F)(F)F)cc2)c(N[C@H]2CCCC[C@@H]2N2CCCC2)c1=O. The van der Waals surface area contributed by atoms with Crippen molar-refractivity contribution in [3.05, 3.63) is 50.3 Å². The molecule has 0 radical (unpaired) electrons. The minimum absolute atomic E-state index is 0.0957. The molecule has 2 aromatic rings. The maximum Gasteiger partial charge on any atom is 0.416 e. The molecular formula is C21H24F3N3O2. The van der Waals surface area contributed by atoms with Crippen LogP contribution >= 0.6 is 0 Å². The fourth-order valence-corrected chi connectivity index (χ4v) is 4.51. The van der Waals surface area contributed by atoms with E-state index in [0.29, 0.717) is 11.7 Å². The Morgan fingerprint density at radius 2 is 1.48 bits per heavy atom. The van der Waals surface area contributed by atoms with Crippen LogP contribution in [0.25, 0.3) is 0 Å². The maximum absolute atomic E-state index is 12.7. The predicted molar refractivity (Wildman–Crippen MR) is 107 cm³/mol. The first kappa shape index (κ1) is 19.9. The van der Waals surface area contributed by atoms with Gasteiger partial charge in [-0.15, -0.1) is 0 Å². The first-order valence-electron chi connectivity index (χ1n) is 10.1. The van der Waals surface area contributed by atoms with E-state index in [2.05, 4.69) is 15.5 Å². The molecule has 0 bridgehead atoms.